The molecule has 2 saturated heterocycles. The molecule has 4 fully saturated rings. The summed E-state index contributed by atoms with van der Waals surface area (Å²) in [7, 11) is 0. The van der Waals surface area contributed by atoms with Gasteiger partial charge in [0, 0.05) is 86.2 Å². The van der Waals surface area contributed by atoms with Crippen LogP contribution in [-0.2, 0) is 22.4 Å². The van der Waals surface area contributed by atoms with Crippen molar-refractivity contribution >= 4 is 34.8 Å². The van der Waals surface area contributed by atoms with E-state index in [1.54, 1.807) is 60.7 Å². The van der Waals surface area contributed by atoms with E-state index in [-0.39, 0.29) is 72.0 Å². The van der Waals surface area contributed by atoms with Crippen molar-refractivity contribution in [2.45, 2.75) is 74.8 Å². The first-order chi connectivity index (χ1) is 29.8. The molecular formula is C48H50F2N4O8. The number of rotatable bonds is 10. The van der Waals surface area contributed by atoms with E-state index < -0.39 is 22.8 Å². The molecule has 6 atom stereocenters. The van der Waals surface area contributed by atoms with Crippen LogP contribution in [0.1, 0.15) is 70.4 Å². The number of amides is 2. The molecule has 0 aromatic heterocycles. The minimum Gasteiger partial charge on any atom is -0.487 e. The summed E-state index contributed by atoms with van der Waals surface area (Å²) in [5.74, 6) is -0.372. The minimum atomic E-state index is -0.920. The number of benzene rings is 4. The summed E-state index contributed by atoms with van der Waals surface area (Å²) in [6, 6.07) is 23.4. The van der Waals surface area contributed by atoms with Crippen LogP contribution in [0.2, 0.25) is 0 Å². The second kappa shape index (κ2) is 17.0. The summed E-state index contributed by atoms with van der Waals surface area (Å²) in [4.78, 5) is 52.7. The van der Waals surface area contributed by atoms with Gasteiger partial charge in [0.05, 0.1) is 24.3 Å². The van der Waals surface area contributed by atoms with Crippen molar-refractivity contribution in [1.82, 2.24) is 9.80 Å². The van der Waals surface area contributed by atoms with Gasteiger partial charge < -0.3 is 30.3 Å². The van der Waals surface area contributed by atoms with E-state index in [9.17, 15) is 38.2 Å². The Bertz CT molecular complexity index is 2250. The molecule has 324 valence electrons. The van der Waals surface area contributed by atoms with Crippen molar-refractivity contribution in [3.05, 3.63) is 119 Å². The molecule has 14 heteroatoms. The number of hydrogen-bond donors (Lipinski definition) is 4. The van der Waals surface area contributed by atoms with Gasteiger partial charge in [-0.25, -0.2) is 8.78 Å². The molecule has 12 nitrogen and oxygen atoms in total. The number of β-amino-alcohol motifs (C(OH)–C–C–N with tert-alkyl or cyclic N) is 2. The van der Waals surface area contributed by atoms with Gasteiger partial charge in [-0.2, -0.15) is 0 Å². The lowest BCUT2D eigenvalue weighted by molar-refractivity contribution is -0.117. The first-order valence-corrected chi connectivity index (χ1v) is 21.4. The van der Waals surface area contributed by atoms with Crippen LogP contribution >= 0.6 is 0 Å². The number of nitrogens with one attached hydrogen (secondary N) is 2. The number of halogens is 2. The zero-order chi connectivity index (χ0) is 43.2. The maximum atomic E-state index is 13.9. The molecule has 4 heterocycles. The smallest absolute Gasteiger partial charge is 0.224 e. The summed E-state index contributed by atoms with van der Waals surface area (Å²) in [6.45, 7) is 2.51. The highest BCUT2D eigenvalue weighted by molar-refractivity contribution is 6.01. The maximum Gasteiger partial charge on any atom is 0.224 e. The zero-order valence-corrected chi connectivity index (χ0v) is 34.3. The van der Waals surface area contributed by atoms with Crippen LogP contribution in [0, 0.1) is 23.5 Å². The van der Waals surface area contributed by atoms with Crippen LogP contribution in [0.25, 0.3) is 0 Å². The van der Waals surface area contributed by atoms with Crippen molar-refractivity contribution in [3.63, 3.8) is 0 Å². The van der Waals surface area contributed by atoms with Gasteiger partial charge in [-0.3, -0.25) is 29.0 Å². The number of ether oxygens (including phenoxy) is 2. The van der Waals surface area contributed by atoms with Gasteiger partial charge in [0.1, 0.15) is 12.2 Å². The Balaban J connectivity index is 0.000000158. The lowest BCUT2D eigenvalue weighted by Crippen LogP contribution is -2.37. The number of likely N-dealkylation sites (tertiary alicyclic amines) is 2. The summed E-state index contributed by atoms with van der Waals surface area (Å²) >= 11 is 0. The molecular weight excluding hydrogens is 799 g/mol. The van der Waals surface area contributed by atoms with Crippen LogP contribution in [-0.4, -0.2) is 106 Å². The van der Waals surface area contributed by atoms with Crippen LogP contribution in [0.5, 0.6) is 11.5 Å². The number of hydrogen-bond acceptors (Lipinski definition) is 10. The number of aryl methyl sites for hydroxylation is 2. The molecule has 2 amide bonds. The monoisotopic (exact) mass is 848 g/mol. The van der Waals surface area contributed by atoms with Crippen LogP contribution in [0.4, 0.5) is 20.2 Å². The third-order valence-corrected chi connectivity index (χ3v) is 13.4. The Labute approximate surface area is 358 Å². The predicted molar refractivity (Wildman–Crippen MR) is 225 cm³/mol. The molecule has 0 spiro atoms. The van der Waals surface area contributed by atoms with Gasteiger partial charge in [-0.15, -0.1) is 0 Å². The topological polar surface area (TPSA) is 158 Å². The third kappa shape index (κ3) is 8.87. The number of ketones is 2. The fourth-order valence-electron chi connectivity index (χ4n) is 10.3. The minimum absolute atomic E-state index is 0.000661. The molecule has 6 aliphatic rings. The van der Waals surface area contributed by atoms with Crippen LogP contribution in [0.15, 0.2) is 84.9 Å². The van der Waals surface area contributed by atoms with Gasteiger partial charge in [-0.1, -0.05) is 24.3 Å². The van der Waals surface area contributed by atoms with Gasteiger partial charge in [0.25, 0.3) is 0 Å². The van der Waals surface area contributed by atoms with E-state index in [0.29, 0.717) is 88.7 Å². The number of nitrogens with zero attached hydrogens (tertiary/aromatic N) is 2. The summed E-state index contributed by atoms with van der Waals surface area (Å²) < 4.78 is 39.3. The number of fused-ring (bicyclic) bond motifs is 4. The van der Waals surface area contributed by atoms with E-state index in [1.807, 2.05) is 21.9 Å². The second-order valence-corrected chi connectivity index (χ2v) is 17.8. The lowest BCUT2D eigenvalue weighted by Gasteiger charge is -2.23. The Morgan fingerprint density at radius 2 is 1.05 bits per heavy atom. The van der Waals surface area contributed by atoms with Gasteiger partial charge in [0.2, 0.25) is 11.8 Å². The number of anilines is 2. The Hall–Kier alpha value is -5.54. The fraction of sp³-hybridized carbons (Fsp3) is 0.417. The molecule has 2 aliphatic carbocycles. The second-order valence-electron chi connectivity index (χ2n) is 17.8. The van der Waals surface area contributed by atoms with E-state index in [2.05, 4.69) is 10.6 Å². The van der Waals surface area contributed by atoms with E-state index in [4.69, 9.17) is 9.47 Å². The molecule has 0 unspecified atom stereocenters. The summed E-state index contributed by atoms with van der Waals surface area (Å²) in [5.41, 5.74) is 2.93. The molecule has 0 radical (unpaired) electrons. The highest BCUT2D eigenvalue weighted by atomic mass is 19.1. The van der Waals surface area contributed by atoms with Crippen molar-refractivity contribution in [3.8, 4) is 11.5 Å². The number of para-hydroxylation sites is 2. The van der Waals surface area contributed by atoms with Gasteiger partial charge in [0.15, 0.2) is 34.7 Å². The Morgan fingerprint density at radius 1 is 0.629 bits per heavy atom. The first kappa shape index (κ1) is 41.8. The number of aliphatic hydroxyl groups is 2. The van der Waals surface area contributed by atoms with E-state index >= 15 is 0 Å². The standard InChI is InChI=1S/2C24H25FN2O4/c2*25-19-3-1-2-4-22(19)31-18-10-17-12-27(14-24(17,30)11-18)13-21(28)16-5-7-20-15(9-16)6-8-23(29)26-20/h2*1-5,7,9,17-18,30H,6,8,10-14H2,(H,26,29)/t2*17-,18+,24-/m10/s1. The lowest BCUT2D eigenvalue weighted by atomic mass is 9.95. The molecule has 0 bridgehead atoms. The van der Waals surface area contributed by atoms with E-state index in [1.165, 1.54) is 12.1 Å². The Kier molecular flexibility index (Phi) is 11.4. The average Bonchev–Trinajstić information content (AvgIpc) is 3.91. The molecule has 4 aliphatic heterocycles. The Morgan fingerprint density at radius 3 is 1.45 bits per heavy atom. The largest absolute Gasteiger partial charge is 0.487 e. The van der Waals surface area contributed by atoms with E-state index in [0.717, 1.165) is 22.5 Å². The van der Waals surface area contributed by atoms with Crippen LogP contribution in [0.3, 0.4) is 0 Å². The molecule has 62 heavy (non-hydrogen) atoms. The predicted octanol–water partition coefficient (Wildman–Crippen LogP) is 5.59. The SMILES string of the molecule is O=C1CCc2cc(C(=O)CN3C[C@@H]4C[C@@H](Oc5ccccc5F)C[C@]4(O)C3)ccc2N1.O=C1CCc2cc(C(=O)CN3C[C@H]4C[C@H](Oc5ccccc5F)C[C@@]4(O)C3)ccc2N1. The molecule has 4 aromatic carbocycles. The normalized spacial score (nSPS) is 27.5. The van der Waals surface area contributed by atoms with Crippen molar-refractivity contribution in [2.75, 3.05) is 49.9 Å². The molecule has 2 saturated carbocycles. The fourth-order valence-corrected chi connectivity index (χ4v) is 10.3. The summed E-state index contributed by atoms with van der Waals surface area (Å²) in [5, 5.41) is 27.9. The number of carbonyl (C=O) groups is 4. The molecule has 4 N–H and O–H groups in total. The quantitative estimate of drug-likeness (QED) is 0.148. The van der Waals surface area contributed by atoms with Gasteiger partial charge >= 0.3 is 0 Å². The highest BCUT2D eigenvalue weighted by Gasteiger charge is 2.54. The average molecular weight is 849 g/mol. The molecule has 4 aromatic rings. The zero-order valence-electron chi connectivity index (χ0n) is 34.3. The summed E-state index contributed by atoms with van der Waals surface area (Å²) in [6.07, 6.45) is 3.78. The highest BCUT2D eigenvalue weighted by Crippen LogP contribution is 2.45. The van der Waals surface area contributed by atoms with Crippen LogP contribution < -0.4 is 20.1 Å². The first-order valence-electron chi connectivity index (χ1n) is 21.4. The van der Waals surface area contributed by atoms with Crippen molar-refractivity contribution in [2.24, 2.45) is 11.8 Å². The third-order valence-electron chi connectivity index (χ3n) is 13.4. The van der Waals surface area contributed by atoms with Gasteiger partial charge in [-0.05, 0) is 97.5 Å². The van der Waals surface area contributed by atoms with Crippen molar-refractivity contribution < 1.29 is 47.6 Å². The van der Waals surface area contributed by atoms with Crippen molar-refractivity contribution in [1.29, 1.82) is 0 Å². The number of Topliss-reactive ketones (excluding diaryl/α,β-unsaturated/α-hetero) is 2. The molecule has 10 rings (SSSR count). The number of carbonyl (C=O) groups excluding carboxylic acids is 4. The maximum absolute atomic E-state index is 13.9.